The lowest BCUT2D eigenvalue weighted by atomic mass is 10.3. The molecule has 0 spiro atoms. The Bertz CT molecular complexity index is 1020. The largest absolute Gasteiger partial charge is 0.325 e. The van der Waals surface area contributed by atoms with Crippen LogP contribution in [0.15, 0.2) is 59.8 Å². The third-order valence-corrected chi connectivity index (χ3v) is 5.22. The van der Waals surface area contributed by atoms with Crippen LogP contribution in [0, 0.1) is 10.1 Å². The summed E-state index contributed by atoms with van der Waals surface area (Å²) in [6.07, 6.45) is 2.20. The Kier molecular flexibility index (Phi) is 5.07. The van der Waals surface area contributed by atoms with Crippen LogP contribution >= 0.6 is 11.8 Å². The van der Waals surface area contributed by atoms with Crippen LogP contribution in [0.3, 0.4) is 0 Å². The molecule has 142 valence electrons. The molecular formula is C19H17N5O3S. The van der Waals surface area contributed by atoms with Gasteiger partial charge in [0.05, 0.1) is 10.7 Å². The fourth-order valence-electron chi connectivity index (χ4n) is 2.82. The molecule has 4 rings (SSSR count). The maximum Gasteiger partial charge on any atom is 0.271 e. The summed E-state index contributed by atoms with van der Waals surface area (Å²) in [6.45, 7) is 0. The van der Waals surface area contributed by atoms with E-state index < -0.39 is 4.92 Å². The summed E-state index contributed by atoms with van der Waals surface area (Å²) in [6, 6.07) is 15.7. The van der Waals surface area contributed by atoms with Gasteiger partial charge in [-0.3, -0.25) is 19.5 Å². The number of benzene rings is 2. The Hall–Kier alpha value is -3.20. The van der Waals surface area contributed by atoms with E-state index in [1.165, 1.54) is 30.0 Å². The molecule has 1 aliphatic carbocycles. The topological polar surface area (TPSA) is 103 Å². The average molecular weight is 395 g/mol. The molecule has 9 heteroatoms. The predicted molar refractivity (Wildman–Crippen MR) is 106 cm³/mol. The molecule has 3 aromatic rings. The van der Waals surface area contributed by atoms with E-state index in [9.17, 15) is 14.9 Å². The molecule has 1 amide bonds. The molecule has 0 bridgehead atoms. The van der Waals surface area contributed by atoms with Crippen LogP contribution in [0.4, 0.5) is 11.4 Å². The molecule has 0 saturated heterocycles. The van der Waals surface area contributed by atoms with Gasteiger partial charge in [0.25, 0.3) is 5.69 Å². The number of hydrogen-bond donors (Lipinski definition) is 1. The van der Waals surface area contributed by atoms with E-state index in [0.29, 0.717) is 16.8 Å². The van der Waals surface area contributed by atoms with Crippen molar-refractivity contribution >= 4 is 29.0 Å². The van der Waals surface area contributed by atoms with Crippen molar-refractivity contribution in [3.8, 4) is 5.69 Å². The summed E-state index contributed by atoms with van der Waals surface area (Å²) in [5.74, 6) is 1.20. The minimum Gasteiger partial charge on any atom is -0.325 e. The Morgan fingerprint density at radius 1 is 1.18 bits per heavy atom. The highest BCUT2D eigenvalue weighted by molar-refractivity contribution is 7.99. The summed E-state index contributed by atoms with van der Waals surface area (Å²) >= 11 is 1.29. The molecule has 1 fully saturated rings. The second kappa shape index (κ2) is 7.81. The van der Waals surface area contributed by atoms with E-state index in [4.69, 9.17) is 0 Å². The van der Waals surface area contributed by atoms with Gasteiger partial charge in [-0.05, 0) is 31.0 Å². The van der Waals surface area contributed by atoms with Gasteiger partial charge in [0.15, 0.2) is 5.16 Å². The number of aromatic nitrogens is 3. The van der Waals surface area contributed by atoms with Crippen LogP contribution in [0.5, 0.6) is 0 Å². The zero-order valence-corrected chi connectivity index (χ0v) is 15.6. The zero-order chi connectivity index (χ0) is 19.5. The van der Waals surface area contributed by atoms with Crippen LogP contribution in [0.1, 0.15) is 24.6 Å². The predicted octanol–water partition coefficient (Wildman–Crippen LogP) is 3.78. The van der Waals surface area contributed by atoms with Crippen molar-refractivity contribution in [2.45, 2.75) is 23.9 Å². The average Bonchev–Trinajstić information content (AvgIpc) is 3.46. The van der Waals surface area contributed by atoms with Gasteiger partial charge >= 0.3 is 0 Å². The number of nitrogens with zero attached hydrogens (tertiary/aromatic N) is 4. The molecule has 1 aromatic heterocycles. The Morgan fingerprint density at radius 2 is 1.96 bits per heavy atom. The second-order valence-corrected chi connectivity index (χ2v) is 7.37. The molecule has 0 atom stereocenters. The van der Waals surface area contributed by atoms with E-state index >= 15 is 0 Å². The number of rotatable bonds is 7. The van der Waals surface area contributed by atoms with E-state index in [0.717, 1.165) is 24.4 Å². The molecule has 8 nitrogen and oxygen atoms in total. The lowest BCUT2D eigenvalue weighted by Crippen LogP contribution is -2.14. The fraction of sp³-hybridized carbons (Fsp3) is 0.211. The maximum absolute atomic E-state index is 12.3. The molecule has 2 aromatic carbocycles. The van der Waals surface area contributed by atoms with Crippen LogP contribution in [0.2, 0.25) is 0 Å². The third kappa shape index (κ3) is 4.04. The first-order chi connectivity index (χ1) is 13.6. The smallest absolute Gasteiger partial charge is 0.271 e. The van der Waals surface area contributed by atoms with Crippen molar-refractivity contribution in [3.63, 3.8) is 0 Å². The van der Waals surface area contributed by atoms with Gasteiger partial charge in [0.2, 0.25) is 5.91 Å². The van der Waals surface area contributed by atoms with Crippen molar-refractivity contribution in [1.82, 2.24) is 14.8 Å². The Balaban J connectivity index is 1.47. The number of anilines is 1. The number of thioether (sulfide) groups is 1. The zero-order valence-electron chi connectivity index (χ0n) is 14.8. The van der Waals surface area contributed by atoms with E-state index in [2.05, 4.69) is 15.5 Å². The fourth-order valence-corrected chi connectivity index (χ4v) is 3.58. The molecular weight excluding hydrogens is 378 g/mol. The lowest BCUT2D eigenvalue weighted by Gasteiger charge is -2.10. The SMILES string of the molecule is O=C(CSc1nnc(C2CC2)n1-c1ccccc1)Nc1cccc([N+](=O)[O-])c1. The van der Waals surface area contributed by atoms with Crippen molar-refractivity contribution in [2.24, 2.45) is 0 Å². The number of carbonyl (C=O) groups is 1. The van der Waals surface area contributed by atoms with E-state index in [-0.39, 0.29) is 17.3 Å². The molecule has 0 unspecified atom stereocenters. The number of hydrogen-bond acceptors (Lipinski definition) is 6. The Labute approximate surface area is 165 Å². The molecule has 1 aliphatic rings. The number of para-hydroxylation sites is 1. The van der Waals surface area contributed by atoms with Crippen molar-refractivity contribution in [3.05, 3.63) is 70.5 Å². The highest BCUT2D eigenvalue weighted by Crippen LogP contribution is 2.41. The van der Waals surface area contributed by atoms with Gasteiger partial charge in [-0.1, -0.05) is 36.0 Å². The normalized spacial score (nSPS) is 13.3. The summed E-state index contributed by atoms with van der Waals surface area (Å²) in [5.41, 5.74) is 1.29. The van der Waals surface area contributed by atoms with Crippen LogP contribution < -0.4 is 5.32 Å². The van der Waals surface area contributed by atoms with Gasteiger partial charge < -0.3 is 5.32 Å². The molecule has 28 heavy (non-hydrogen) atoms. The Morgan fingerprint density at radius 3 is 2.68 bits per heavy atom. The summed E-state index contributed by atoms with van der Waals surface area (Å²) in [7, 11) is 0. The van der Waals surface area contributed by atoms with E-state index in [1.54, 1.807) is 6.07 Å². The molecule has 1 N–H and O–H groups in total. The van der Waals surface area contributed by atoms with Gasteiger partial charge in [-0.15, -0.1) is 10.2 Å². The van der Waals surface area contributed by atoms with Gasteiger partial charge in [-0.25, -0.2) is 0 Å². The molecule has 1 saturated carbocycles. The van der Waals surface area contributed by atoms with Gasteiger partial charge in [0.1, 0.15) is 5.82 Å². The van der Waals surface area contributed by atoms with Gasteiger partial charge in [-0.2, -0.15) is 0 Å². The number of carbonyl (C=O) groups excluding carboxylic acids is 1. The van der Waals surface area contributed by atoms with Crippen molar-refractivity contribution < 1.29 is 9.72 Å². The first-order valence-electron chi connectivity index (χ1n) is 8.79. The minimum absolute atomic E-state index is 0.0663. The first-order valence-corrected chi connectivity index (χ1v) is 9.78. The molecule has 0 radical (unpaired) electrons. The highest BCUT2D eigenvalue weighted by atomic mass is 32.2. The maximum atomic E-state index is 12.3. The minimum atomic E-state index is -0.494. The second-order valence-electron chi connectivity index (χ2n) is 6.43. The summed E-state index contributed by atoms with van der Waals surface area (Å²) in [4.78, 5) is 22.7. The number of nitro groups is 1. The lowest BCUT2D eigenvalue weighted by molar-refractivity contribution is -0.384. The first kappa shape index (κ1) is 18.2. The monoisotopic (exact) mass is 395 g/mol. The van der Waals surface area contributed by atoms with Gasteiger partial charge in [0, 0.05) is 29.4 Å². The van der Waals surface area contributed by atoms with Crippen molar-refractivity contribution in [1.29, 1.82) is 0 Å². The third-order valence-electron chi connectivity index (χ3n) is 4.29. The number of nitrogens with one attached hydrogen (secondary N) is 1. The number of non-ortho nitro benzene ring substituents is 1. The van der Waals surface area contributed by atoms with E-state index in [1.807, 2.05) is 34.9 Å². The van der Waals surface area contributed by atoms with Crippen LogP contribution in [-0.2, 0) is 4.79 Å². The standard InChI is InChI=1S/C19H17N5O3S/c25-17(20-14-5-4-8-16(11-14)24(26)27)12-28-19-22-21-18(13-9-10-13)23(19)15-6-2-1-3-7-15/h1-8,11,13H,9-10,12H2,(H,20,25). The number of nitro benzene ring substituents is 1. The highest BCUT2D eigenvalue weighted by Gasteiger charge is 2.31. The molecule has 1 heterocycles. The number of amides is 1. The van der Waals surface area contributed by atoms with Crippen molar-refractivity contribution in [2.75, 3.05) is 11.1 Å². The quantitative estimate of drug-likeness (QED) is 0.371. The van der Waals surface area contributed by atoms with Crippen LogP contribution in [-0.4, -0.2) is 31.3 Å². The molecule has 0 aliphatic heterocycles. The summed E-state index contributed by atoms with van der Waals surface area (Å²) < 4.78 is 2.00. The summed E-state index contributed by atoms with van der Waals surface area (Å²) in [5, 5.41) is 22.8. The van der Waals surface area contributed by atoms with Crippen LogP contribution in [0.25, 0.3) is 5.69 Å².